The Morgan fingerprint density at radius 2 is 2.41 bits per heavy atom. The lowest BCUT2D eigenvalue weighted by molar-refractivity contribution is 0.181. The zero-order chi connectivity index (χ0) is 12.8. The maximum absolute atomic E-state index is 11.2. The van der Waals surface area contributed by atoms with Crippen molar-refractivity contribution in [2.75, 3.05) is 6.61 Å². The van der Waals surface area contributed by atoms with Gasteiger partial charge in [-0.25, -0.2) is 4.79 Å². The van der Waals surface area contributed by atoms with Crippen LogP contribution in [0.15, 0.2) is 12.8 Å². The van der Waals surface area contributed by atoms with E-state index in [1.54, 1.807) is 26.1 Å². The zero-order valence-corrected chi connectivity index (χ0v) is 10.7. The highest BCUT2D eigenvalue weighted by Gasteiger charge is 2.12. The minimum Gasteiger partial charge on any atom is -0.506 e. The topological polar surface area (TPSA) is 59.4 Å². The zero-order valence-electron chi connectivity index (χ0n) is 9.90. The minimum atomic E-state index is -0.351. The van der Waals surface area contributed by atoms with Crippen LogP contribution in [0, 0.1) is 6.92 Å². The SMILES string of the molecule is C=Cc1cnc(C)c(O)c1CSC(=O)OCC. The molecule has 1 heterocycles. The van der Waals surface area contributed by atoms with Gasteiger partial charge in [-0.2, -0.15) is 0 Å². The average Bonchev–Trinajstić information content (AvgIpc) is 2.31. The standard InChI is InChI=1S/C12H15NO3S/c1-4-9-6-13-8(3)11(14)10(9)7-17-12(15)16-5-2/h4,6,14H,1,5,7H2,2-3H3. The summed E-state index contributed by atoms with van der Waals surface area (Å²) in [6, 6.07) is 0. The van der Waals surface area contributed by atoms with E-state index in [4.69, 9.17) is 4.74 Å². The second-order valence-electron chi connectivity index (χ2n) is 3.30. The van der Waals surface area contributed by atoms with Gasteiger partial charge in [0.05, 0.1) is 12.3 Å². The van der Waals surface area contributed by atoms with Crippen molar-refractivity contribution in [2.24, 2.45) is 0 Å². The van der Waals surface area contributed by atoms with E-state index in [1.165, 1.54) is 0 Å². The predicted molar refractivity (Wildman–Crippen MR) is 69.0 cm³/mol. The van der Waals surface area contributed by atoms with Crippen molar-refractivity contribution in [2.45, 2.75) is 19.6 Å². The van der Waals surface area contributed by atoms with E-state index in [9.17, 15) is 9.90 Å². The molecular weight excluding hydrogens is 238 g/mol. The molecule has 5 heteroatoms. The Labute approximate surface area is 105 Å². The number of rotatable bonds is 4. The van der Waals surface area contributed by atoms with Gasteiger partial charge in [0, 0.05) is 17.5 Å². The predicted octanol–water partition coefficient (Wildman–Crippen LogP) is 3.13. The third-order valence-electron chi connectivity index (χ3n) is 2.19. The van der Waals surface area contributed by atoms with Crippen LogP contribution in [0.3, 0.4) is 0 Å². The van der Waals surface area contributed by atoms with Crippen LogP contribution in [0.2, 0.25) is 0 Å². The minimum absolute atomic E-state index is 0.110. The van der Waals surface area contributed by atoms with E-state index in [0.717, 1.165) is 17.3 Å². The summed E-state index contributed by atoms with van der Waals surface area (Å²) in [6.45, 7) is 7.46. The number of aryl methyl sites for hydroxylation is 1. The quantitative estimate of drug-likeness (QED) is 0.835. The molecule has 0 aromatic carbocycles. The summed E-state index contributed by atoms with van der Waals surface area (Å²) in [5.41, 5.74) is 1.92. The molecule has 0 radical (unpaired) electrons. The summed E-state index contributed by atoms with van der Waals surface area (Å²) in [5, 5.41) is 9.53. The molecule has 0 saturated heterocycles. The Morgan fingerprint density at radius 3 is 3.00 bits per heavy atom. The lowest BCUT2D eigenvalue weighted by atomic mass is 10.1. The molecule has 1 rings (SSSR count). The van der Waals surface area contributed by atoms with Crippen molar-refractivity contribution in [3.63, 3.8) is 0 Å². The van der Waals surface area contributed by atoms with Gasteiger partial charge in [-0.15, -0.1) is 0 Å². The van der Waals surface area contributed by atoms with Crippen molar-refractivity contribution in [3.8, 4) is 5.75 Å². The fourth-order valence-electron chi connectivity index (χ4n) is 1.28. The molecule has 0 aliphatic heterocycles. The molecule has 0 atom stereocenters. The van der Waals surface area contributed by atoms with Gasteiger partial charge in [-0.3, -0.25) is 4.98 Å². The van der Waals surface area contributed by atoms with Crippen LogP contribution in [-0.4, -0.2) is 22.0 Å². The molecule has 1 N–H and O–H groups in total. The fourth-order valence-corrected chi connectivity index (χ4v) is 2.05. The molecule has 0 aliphatic rings. The summed E-state index contributed by atoms with van der Waals surface area (Å²) in [4.78, 5) is 15.3. The van der Waals surface area contributed by atoms with Crippen molar-refractivity contribution >= 4 is 23.1 Å². The van der Waals surface area contributed by atoms with Gasteiger partial charge in [0.15, 0.2) is 0 Å². The lowest BCUT2D eigenvalue weighted by Gasteiger charge is -2.09. The highest BCUT2D eigenvalue weighted by atomic mass is 32.2. The molecular formula is C12H15NO3S. The number of thioether (sulfide) groups is 1. The Bertz CT molecular complexity index is 432. The molecule has 0 fully saturated rings. The summed E-state index contributed by atoms with van der Waals surface area (Å²) in [5.74, 6) is 0.453. The van der Waals surface area contributed by atoms with Gasteiger partial charge >= 0.3 is 5.30 Å². The molecule has 0 aliphatic carbocycles. The van der Waals surface area contributed by atoms with Gasteiger partial charge in [-0.1, -0.05) is 12.7 Å². The number of pyridine rings is 1. The maximum Gasteiger partial charge on any atom is 0.367 e. The van der Waals surface area contributed by atoms with Crippen LogP contribution in [0.25, 0.3) is 6.08 Å². The number of carbonyl (C=O) groups excluding carboxylic acids is 1. The first kappa shape index (κ1) is 13.6. The largest absolute Gasteiger partial charge is 0.506 e. The van der Waals surface area contributed by atoms with Crippen LogP contribution in [0.1, 0.15) is 23.7 Å². The molecule has 17 heavy (non-hydrogen) atoms. The van der Waals surface area contributed by atoms with Crippen molar-refractivity contribution in [3.05, 3.63) is 29.6 Å². The van der Waals surface area contributed by atoms with E-state index in [1.807, 2.05) is 0 Å². The Hall–Kier alpha value is -1.49. The van der Waals surface area contributed by atoms with Crippen LogP contribution >= 0.6 is 11.8 Å². The van der Waals surface area contributed by atoms with Gasteiger partial charge in [0.2, 0.25) is 0 Å². The highest BCUT2D eigenvalue weighted by molar-refractivity contribution is 8.12. The summed E-state index contributed by atoms with van der Waals surface area (Å²) in [7, 11) is 0. The second kappa shape index (κ2) is 6.30. The normalized spacial score (nSPS) is 10.0. The van der Waals surface area contributed by atoms with Crippen molar-refractivity contribution in [1.29, 1.82) is 0 Å². The van der Waals surface area contributed by atoms with Crippen LogP contribution in [0.4, 0.5) is 4.79 Å². The van der Waals surface area contributed by atoms with Crippen molar-refractivity contribution < 1.29 is 14.6 Å². The average molecular weight is 253 g/mol. The molecule has 1 aromatic rings. The first-order valence-corrected chi connectivity index (χ1v) is 6.18. The molecule has 4 nitrogen and oxygen atoms in total. The number of aromatic hydroxyl groups is 1. The fraction of sp³-hybridized carbons (Fsp3) is 0.333. The third-order valence-corrected chi connectivity index (χ3v) is 2.98. The Kier molecular flexibility index (Phi) is 5.03. The summed E-state index contributed by atoms with van der Waals surface area (Å²) in [6.07, 6.45) is 3.23. The number of aromatic nitrogens is 1. The smallest absolute Gasteiger partial charge is 0.367 e. The molecule has 0 bridgehead atoms. The van der Waals surface area contributed by atoms with Gasteiger partial charge < -0.3 is 9.84 Å². The molecule has 0 saturated carbocycles. The lowest BCUT2D eigenvalue weighted by Crippen LogP contribution is -1.99. The summed E-state index contributed by atoms with van der Waals surface area (Å²) >= 11 is 1.01. The Morgan fingerprint density at radius 1 is 1.71 bits per heavy atom. The monoisotopic (exact) mass is 253 g/mol. The summed E-state index contributed by atoms with van der Waals surface area (Å²) < 4.78 is 4.81. The van der Waals surface area contributed by atoms with E-state index in [0.29, 0.717) is 23.6 Å². The van der Waals surface area contributed by atoms with E-state index >= 15 is 0 Å². The van der Waals surface area contributed by atoms with Crippen LogP contribution in [-0.2, 0) is 10.5 Å². The van der Waals surface area contributed by atoms with E-state index < -0.39 is 0 Å². The van der Waals surface area contributed by atoms with E-state index in [2.05, 4.69) is 11.6 Å². The third kappa shape index (κ3) is 3.49. The van der Waals surface area contributed by atoms with Crippen LogP contribution in [0.5, 0.6) is 5.75 Å². The van der Waals surface area contributed by atoms with Gasteiger partial charge in [0.1, 0.15) is 5.75 Å². The number of hydrogen-bond donors (Lipinski definition) is 1. The molecule has 0 amide bonds. The highest BCUT2D eigenvalue weighted by Crippen LogP contribution is 2.28. The number of ether oxygens (including phenoxy) is 1. The van der Waals surface area contributed by atoms with Gasteiger partial charge in [0.25, 0.3) is 0 Å². The Balaban J connectivity index is 2.85. The van der Waals surface area contributed by atoms with Gasteiger partial charge in [-0.05, 0) is 31.2 Å². The van der Waals surface area contributed by atoms with Crippen molar-refractivity contribution in [1.82, 2.24) is 4.98 Å². The molecule has 0 spiro atoms. The molecule has 1 aromatic heterocycles. The number of carbonyl (C=O) groups is 1. The maximum atomic E-state index is 11.2. The second-order valence-corrected chi connectivity index (χ2v) is 4.21. The number of hydrogen-bond acceptors (Lipinski definition) is 5. The first-order valence-electron chi connectivity index (χ1n) is 5.19. The first-order chi connectivity index (χ1) is 8.10. The molecule has 92 valence electrons. The van der Waals surface area contributed by atoms with Crippen LogP contribution < -0.4 is 0 Å². The molecule has 0 unspecified atom stereocenters. The van der Waals surface area contributed by atoms with E-state index in [-0.39, 0.29) is 11.1 Å². The number of nitrogens with zero attached hydrogens (tertiary/aromatic N) is 1.